The van der Waals surface area contributed by atoms with Gasteiger partial charge in [0, 0.05) is 47.7 Å². The molecule has 0 saturated carbocycles. The summed E-state index contributed by atoms with van der Waals surface area (Å²) >= 11 is 7.99. The van der Waals surface area contributed by atoms with Crippen molar-refractivity contribution >= 4 is 52.1 Å². The zero-order valence-corrected chi connectivity index (χ0v) is 27.8. The number of hydrogen-bond acceptors (Lipinski definition) is 11. The molecule has 6 rings (SSSR count). The highest BCUT2D eigenvalue weighted by Gasteiger charge is 2.44. The van der Waals surface area contributed by atoms with Crippen LogP contribution in [0.2, 0.25) is 5.02 Å². The molecule has 2 bridgehead atoms. The lowest BCUT2D eigenvalue weighted by Gasteiger charge is -2.46. The summed E-state index contributed by atoms with van der Waals surface area (Å²) in [5.41, 5.74) is 0.681. The van der Waals surface area contributed by atoms with Crippen LogP contribution in [0.5, 0.6) is 0 Å². The summed E-state index contributed by atoms with van der Waals surface area (Å²) in [6.45, 7) is 4.53. The molecule has 0 amide bonds. The predicted molar refractivity (Wildman–Crippen MR) is 171 cm³/mol. The minimum Gasteiger partial charge on any atom is -0.466 e. The molecule has 3 saturated heterocycles. The number of carbonyl (C=O) groups is 2. The summed E-state index contributed by atoms with van der Waals surface area (Å²) in [4.78, 5) is 33.2. The van der Waals surface area contributed by atoms with E-state index in [9.17, 15) is 18.2 Å². The number of benzene rings is 1. The van der Waals surface area contributed by atoms with Crippen molar-refractivity contribution in [2.75, 3.05) is 52.8 Å². The maximum atomic E-state index is 14.0. The number of carbonyl (C=O) groups excluding carboxylic acids is 2. The van der Waals surface area contributed by atoms with Gasteiger partial charge in [0.15, 0.2) is 5.37 Å². The van der Waals surface area contributed by atoms with E-state index in [1.165, 1.54) is 31.0 Å². The van der Waals surface area contributed by atoms with Gasteiger partial charge in [0.2, 0.25) is 5.41 Å². The zero-order chi connectivity index (χ0) is 32.1. The fraction of sp³-hybridized carbons (Fsp3) is 0.567. The van der Waals surface area contributed by atoms with Gasteiger partial charge >= 0.3 is 18.1 Å². The van der Waals surface area contributed by atoms with Gasteiger partial charge in [-0.05, 0) is 55.5 Å². The maximum Gasteiger partial charge on any atom is 0.376 e. The minimum absolute atomic E-state index is 0.0103. The Morgan fingerprint density at radius 2 is 2.04 bits per heavy atom. The van der Waals surface area contributed by atoms with Crippen LogP contribution in [0.25, 0.3) is 0 Å². The largest absolute Gasteiger partial charge is 0.466 e. The van der Waals surface area contributed by atoms with Crippen LogP contribution in [0.4, 0.5) is 4.39 Å². The second kappa shape index (κ2) is 14.9. The number of nitrogens with one attached hydrogen (secondary N) is 3. The Kier molecular flexibility index (Phi) is 11.2. The molecule has 3 N–H and O–H groups in total. The van der Waals surface area contributed by atoms with Gasteiger partial charge in [-0.1, -0.05) is 17.7 Å². The van der Waals surface area contributed by atoms with Gasteiger partial charge in [0.05, 0.1) is 49.9 Å². The van der Waals surface area contributed by atoms with Crippen LogP contribution in [0.3, 0.4) is 0 Å². The molecule has 5 aliphatic heterocycles. The summed E-state index contributed by atoms with van der Waals surface area (Å²) in [5, 5.41) is 8.22. The number of esters is 2. The molecule has 1 aromatic carbocycles. The maximum absolute atomic E-state index is 14.0. The second-order valence-corrected chi connectivity index (χ2v) is 14.2. The van der Waals surface area contributed by atoms with E-state index in [2.05, 4.69) is 26.5 Å². The summed E-state index contributed by atoms with van der Waals surface area (Å²) in [6, 6.07) is 3.21. The quantitative estimate of drug-likeness (QED) is 0.250. The van der Waals surface area contributed by atoms with Gasteiger partial charge in [0.1, 0.15) is 17.7 Å². The van der Waals surface area contributed by atoms with Gasteiger partial charge in [-0.3, -0.25) is 14.7 Å². The van der Waals surface area contributed by atoms with Crippen LogP contribution in [-0.4, -0.2) is 90.6 Å². The molecule has 0 radical (unpaired) electrons. The number of halogens is 2. The molecular weight excluding hydrogens is 645 g/mol. The van der Waals surface area contributed by atoms with Gasteiger partial charge in [0.25, 0.3) is 0 Å². The van der Waals surface area contributed by atoms with Gasteiger partial charge < -0.3 is 19.5 Å². The number of aliphatic imine (C=N–C) groups is 1. The first kappa shape index (κ1) is 33.8. The van der Waals surface area contributed by atoms with Gasteiger partial charge in [-0.25, -0.2) is 18.1 Å². The number of amidine groups is 1. The first-order valence-electron chi connectivity index (χ1n) is 14.8. The fourth-order valence-electron chi connectivity index (χ4n) is 6.71. The highest BCUT2D eigenvalue weighted by molar-refractivity contribution is 8.03. The molecule has 15 heteroatoms. The van der Waals surface area contributed by atoms with E-state index in [1.807, 2.05) is 0 Å². The number of ether oxygens (including phenoxy) is 3. The molecule has 4 unspecified atom stereocenters. The van der Waals surface area contributed by atoms with Crippen LogP contribution >= 0.6 is 23.4 Å². The van der Waals surface area contributed by atoms with Crippen LogP contribution in [-0.2, 0) is 34.8 Å². The van der Waals surface area contributed by atoms with Crippen LogP contribution in [0.15, 0.2) is 39.9 Å². The minimum atomic E-state index is -1.34. The molecule has 0 spiro atoms. The third-order valence-electron chi connectivity index (χ3n) is 8.16. The van der Waals surface area contributed by atoms with Crippen molar-refractivity contribution in [1.82, 2.24) is 20.3 Å². The van der Waals surface area contributed by atoms with E-state index in [0.29, 0.717) is 62.8 Å². The topological polar surface area (TPSA) is 131 Å². The first-order chi connectivity index (χ1) is 21.6. The summed E-state index contributed by atoms with van der Waals surface area (Å²) in [7, 11) is -0.0309. The normalized spacial score (nSPS) is 29.0. The highest BCUT2D eigenvalue weighted by Crippen LogP contribution is 2.39. The smallest absolute Gasteiger partial charge is 0.376 e. The van der Waals surface area contributed by atoms with Crippen molar-refractivity contribution in [3.8, 4) is 0 Å². The lowest BCUT2D eigenvalue weighted by Crippen LogP contribution is -2.57. The average molecular weight is 683 g/mol. The van der Waals surface area contributed by atoms with Crippen LogP contribution in [0.1, 0.15) is 37.8 Å². The SMILES string of the molecule is CCOC(=O)CC1(NS(C)=O)CC2COCC(CN(CC3=C(C(=O)OC)[C@H](c4ccc(F)cc4Cl)N=C(C4N[C+]=CS4)N3)C2)C1. The summed E-state index contributed by atoms with van der Waals surface area (Å²) in [5.74, 6) is -0.831. The average Bonchev–Trinajstić information content (AvgIpc) is 3.49. The van der Waals surface area contributed by atoms with Crippen molar-refractivity contribution in [2.24, 2.45) is 16.8 Å². The number of thioether (sulfide) groups is 1. The molecule has 11 nitrogen and oxygen atoms in total. The Labute approximate surface area is 274 Å². The number of fused-ring (bicyclic) bond motifs is 6. The molecule has 5 heterocycles. The molecule has 3 fully saturated rings. The third kappa shape index (κ3) is 8.23. The van der Waals surface area contributed by atoms with Gasteiger partial charge in [-0.15, -0.1) is 0 Å². The molecule has 0 aliphatic carbocycles. The standard InChI is InChI=1S/C30H37ClFN5O6S2/c1-4-43-24(38)12-30(36-45(3)40)10-18-13-37(14-19(11-30)17-42-16-18)15-23-25(29(39)41-2)26(21-6-5-20(32)9-22(21)31)35-27(34-23)28-33-7-8-44-28/h5-6,8-9,18-19,26,28,33,36H,4,10-17H2,1-3H3/p+1/t18?,19?,26-,28?,30?,45?/m0/s1. The predicted octanol–water partition coefficient (Wildman–Crippen LogP) is 2.82. The van der Waals surface area contributed by atoms with E-state index in [1.54, 1.807) is 24.7 Å². The molecule has 5 atom stereocenters. The molecule has 5 aliphatic rings. The summed E-state index contributed by atoms with van der Waals surface area (Å²) in [6.07, 6.45) is 5.77. The van der Waals surface area contributed by atoms with Crippen molar-refractivity contribution in [1.29, 1.82) is 0 Å². The Hall–Kier alpha value is -2.58. The van der Waals surface area contributed by atoms with Crippen molar-refractivity contribution in [3.05, 3.63) is 57.5 Å². The number of methoxy groups -OCH3 is 1. The Bertz CT molecular complexity index is 1390. The van der Waals surface area contributed by atoms with Crippen molar-refractivity contribution in [2.45, 2.75) is 43.1 Å². The molecule has 0 aromatic heterocycles. The van der Waals surface area contributed by atoms with Crippen LogP contribution in [0, 0.1) is 23.9 Å². The third-order valence-corrected chi connectivity index (χ3v) is 10.1. The molecule has 45 heavy (non-hydrogen) atoms. The Balaban J connectivity index is 1.48. The highest BCUT2D eigenvalue weighted by atomic mass is 35.5. The number of hydrogen-bond donors (Lipinski definition) is 3. The first-order valence-corrected chi connectivity index (χ1v) is 17.6. The van der Waals surface area contributed by atoms with E-state index in [4.69, 9.17) is 30.8 Å². The monoisotopic (exact) mass is 682 g/mol. The van der Waals surface area contributed by atoms with Crippen molar-refractivity contribution < 1.29 is 32.4 Å². The van der Waals surface area contributed by atoms with Gasteiger partial charge in [-0.2, -0.15) is 5.32 Å². The zero-order valence-electron chi connectivity index (χ0n) is 25.4. The van der Waals surface area contributed by atoms with Crippen LogP contribution < -0.4 is 15.4 Å². The fourth-order valence-corrected chi connectivity index (χ4v) is 8.49. The molecular formula is C30H38ClFN5O6S2+. The Morgan fingerprint density at radius 1 is 1.31 bits per heavy atom. The molecule has 1 aromatic rings. The van der Waals surface area contributed by atoms with E-state index < -0.39 is 34.4 Å². The lowest BCUT2D eigenvalue weighted by atomic mass is 9.76. The Morgan fingerprint density at radius 3 is 2.64 bits per heavy atom. The second-order valence-electron chi connectivity index (χ2n) is 11.7. The van der Waals surface area contributed by atoms with Crippen molar-refractivity contribution in [3.63, 3.8) is 0 Å². The van der Waals surface area contributed by atoms with E-state index >= 15 is 0 Å². The van der Waals surface area contributed by atoms with E-state index in [-0.39, 0.29) is 46.8 Å². The number of nitrogens with zero attached hydrogens (tertiary/aromatic N) is 2. The number of rotatable bonds is 10. The van der Waals surface area contributed by atoms with E-state index in [0.717, 1.165) is 0 Å². The molecule has 244 valence electrons. The summed E-state index contributed by atoms with van der Waals surface area (Å²) < 4.78 is 46.3. The lowest BCUT2D eigenvalue weighted by molar-refractivity contribution is -0.145.